The summed E-state index contributed by atoms with van der Waals surface area (Å²) in [5.74, 6) is 0.138. The maximum atomic E-state index is 12.3. The summed E-state index contributed by atoms with van der Waals surface area (Å²) >= 11 is 6.03. The van der Waals surface area contributed by atoms with Gasteiger partial charge in [0.15, 0.2) is 0 Å². The van der Waals surface area contributed by atoms with E-state index < -0.39 is 16.0 Å². The molecule has 2 unspecified atom stereocenters. The van der Waals surface area contributed by atoms with Gasteiger partial charge in [0.2, 0.25) is 0 Å². The van der Waals surface area contributed by atoms with Crippen molar-refractivity contribution in [3.05, 3.63) is 34.9 Å². The van der Waals surface area contributed by atoms with Crippen molar-refractivity contribution in [2.75, 3.05) is 7.11 Å². The summed E-state index contributed by atoms with van der Waals surface area (Å²) in [5, 5.41) is 0.0801. The minimum absolute atomic E-state index is 0.209. The Morgan fingerprint density at radius 2 is 2.17 bits per heavy atom. The Morgan fingerprint density at radius 1 is 1.50 bits per heavy atom. The third-order valence-corrected chi connectivity index (χ3v) is 5.13. The van der Waals surface area contributed by atoms with E-state index in [2.05, 4.69) is 0 Å². The van der Waals surface area contributed by atoms with Gasteiger partial charge in [-0.05, 0) is 30.4 Å². The normalized spacial score (nSPS) is 18.1. The molecule has 0 heterocycles. The lowest BCUT2D eigenvalue weighted by molar-refractivity contribution is -0.140. The standard InChI is InChI=1S/C13H15ClO3S/c1-17-13(15)12(9-6-7-9)18(16)8-10-4-2-3-5-11(10)14/h2-5,9,12H,6-8H2,1H3. The molecule has 0 N–H and O–H groups in total. The van der Waals surface area contributed by atoms with E-state index in [0.717, 1.165) is 18.4 Å². The summed E-state index contributed by atoms with van der Waals surface area (Å²) < 4.78 is 17.0. The molecule has 2 rings (SSSR count). The minimum Gasteiger partial charge on any atom is -0.468 e. The molecule has 1 aliphatic rings. The van der Waals surface area contributed by atoms with Crippen molar-refractivity contribution in [1.82, 2.24) is 0 Å². The molecule has 0 radical (unpaired) electrons. The first-order chi connectivity index (χ1) is 8.63. The second-order valence-corrected chi connectivity index (χ2v) is 6.36. The molecule has 2 atom stereocenters. The topological polar surface area (TPSA) is 43.4 Å². The lowest BCUT2D eigenvalue weighted by atomic mass is 10.2. The Balaban J connectivity index is 2.10. The van der Waals surface area contributed by atoms with Gasteiger partial charge in [0, 0.05) is 15.8 Å². The molecule has 0 aliphatic heterocycles. The SMILES string of the molecule is COC(=O)C(C1CC1)S(=O)Cc1ccccc1Cl. The van der Waals surface area contributed by atoms with Gasteiger partial charge in [0.05, 0.1) is 12.9 Å². The molecule has 0 spiro atoms. The summed E-state index contributed by atoms with van der Waals surface area (Å²) in [6.07, 6.45) is 1.90. The number of benzene rings is 1. The highest BCUT2D eigenvalue weighted by Gasteiger charge is 2.41. The van der Waals surface area contributed by atoms with Crippen LogP contribution < -0.4 is 0 Å². The van der Waals surface area contributed by atoms with Gasteiger partial charge in [-0.3, -0.25) is 9.00 Å². The number of hydrogen-bond acceptors (Lipinski definition) is 3. The Hall–Kier alpha value is -0.870. The van der Waals surface area contributed by atoms with Gasteiger partial charge in [-0.25, -0.2) is 0 Å². The van der Waals surface area contributed by atoms with Crippen molar-refractivity contribution < 1.29 is 13.7 Å². The first kappa shape index (κ1) is 13.6. The molecule has 98 valence electrons. The van der Waals surface area contributed by atoms with Crippen LogP contribution in [0.25, 0.3) is 0 Å². The Labute approximate surface area is 114 Å². The van der Waals surface area contributed by atoms with E-state index in [1.807, 2.05) is 18.2 Å². The van der Waals surface area contributed by atoms with Crippen molar-refractivity contribution in [2.24, 2.45) is 5.92 Å². The van der Waals surface area contributed by atoms with Crippen molar-refractivity contribution in [3.63, 3.8) is 0 Å². The van der Waals surface area contributed by atoms with E-state index in [4.69, 9.17) is 16.3 Å². The molecular formula is C13H15ClO3S. The van der Waals surface area contributed by atoms with Crippen LogP contribution in [0.3, 0.4) is 0 Å². The maximum Gasteiger partial charge on any atom is 0.321 e. The Kier molecular flexibility index (Phi) is 4.40. The number of rotatable bonds is 5. The van der Waals surface area contributed by atoms with Gasteiger partial charge in [-0.2, -0.15) is 0 Å². The van der Waals surface area contributed by atoms with Gasteiger partial charge in [0.1, 0.15) is 5.25 Å². The Morgan fingerprint density at radius 3 is 2.72 bits per heavy atom. The number of ether oxygens (including phenoxy) is 1. The molecule has 5 heteroatoms. The number of carbonyl (C=O) groups excluding carboxylic acids is 1. The van der Waals surface area contributed by atoms with E-state index in [-0.39, 0.29) is 11.9 Å². The third-order valence-electron chi connectivity index (χ3n) is 3.02. The van der Waals surface area contributed by atoms with E-state index in [0.29, 0.717) is 10.8 Å². The van der Waals surface area contributed by atoms with Crippen LogP contribution in [0.1, 0.15) is 18.4 Å². The second-order valence-electron chi connectivity index (χ2n) is 4.40. The fraction of sp³-hybridized carbons (Fsp3) is 0.462. The molecule has 0 aromatic heterocycles. The molecule has 1 aliphatic carbocycles. The van der Waals surface area contributed by atoms with Crippen LogP contribution >= 0.6 is 11.6 Å². The third kappa shape index (κ3) is 3.12. The zero-order chi connectivity index (χ0) is 13.1. The zero-order valence-corrected chi connectivity index (χ0v) is 11.7. The summed E-state index contributed by atoms with van der Waals surface area (Å²) in [5.41, 5.74) is 0.812. The fourth-order valence-electron chi connectivity index (χ4n) is 1.89. The monoisotopic (exact) mass is 286 g/mol. The largest absolute Gasteiger partial charge is 0.468 e. The van der Waals surface area contributed by atoms with Crippen LogP contribution in [-0.2, 0) is 26.1 Å². The van der Waals surface area contributed by atoms with Gasteiger partial charge < -0.3 is 4.74 Å². The highest BCUT2D eigenvalue weighted by molar-refractivity contribution is 7.85. The number of carbonyl (C=O) groups is 1. The summed E-state index contributed by atoms with van der Waals surface area (Å²) in [7, 11) is 0.0621. The molecule has 0 amide bonds. The van der Waals surface area contributed by atoms with E-state index in [1.54, 1.807) is 6.07 Å². The predicted octanol–water partition coefficient (Wildman–Crippen LogP) is 2.54. The second kappa shape index (κ2) is 5.85. The zero-order valence-electron chi connectivity index (χ0n) is 10.1. The van der Waals surface area contributed by atoms with Crippen LogP contribution in [0.15, 0.2) is 24.3 Å². The van der Waals surface area contributed by atoms with E-state index >= 15 is 0 Å². The van der Waals surface area contributed by atoms with Crippen molar-refractivity contribution >= 4 is 28.4 Å². The predicted molar refractivity (Wildman–Crippen MR) is 71.8 cm³/mol. The molecule has 3 nitrogen and oxygen atoms in total. The highest BCUT2D eigenvalue weighted by Crippen LogP contribution is 2.36. The minimum atomic E-state index is -1.28. The van der Waals surface area contributed by atoms with Crippen molar-refractivity contribution in [2.45, 2.75) is 23.8 Å². The lowest BCUT2D eigenvalue weighted by Gasteiger charge is -2.13. The van der Waals surface area contributed by atoms with Gasteiger partial charge >= 0.3 is 5.97 Å². The molecule has 1 aromatic carbocycles. The average molecular weight is 287 g/mol. The van der Waals surface area contributed by atoms with E-state index in [1.165, 1.54) is 7.11 Å². The molecule has 1 saturated carbocycles. The average Bonchev–Trinajstić information content (AvgIpc) is 3.16. The van der Waals surface area contributed by atoms with Crippen molar-refractivity contribution in [3.8, 4) is 0 Å². The summed E-state index contributed by atoms with van der Waals surface area (Å²) in [6, 6.07) is 7.27. The number of halogens is 1. The summed E-state index contributed by atoms with van der Waals surface area (Å²) in [4.78, 5) is 11.7. The quantitative estimate of drug-likeness (QED) is 0.781. The van der Waals surface area contributed by atoms with Crippen LogP contribution in [0.4, 0.5) is 0 Å². The molecule has 18 heavy (non-hydrogen) atoms. The Bertz CT molecular complexity index is 471. The van der Waals surface area contributed by atoms with Crippen LogP contribution in [0.5, 0.6) is 0 Å². The van der Waals surface area contributed by atoms with Gasteiger partial charge in [-0.15, -0.1) is 0 Å². The molecule has 0 saturated heterocycles. The fourth-order valence-corrected chi connectivity index (χ4v) is 3.92. The summed E-state index contributed by atoms with van der Waals surface area (Å²) in [6.45, 7) is 0. The molecule has 1 aromatic rings. The molecule has 1 fully saturated rings. The molecule has 0 bridgehead atoms. The van der Waals surface area contributed by atoms with Crippen molar-refractivity contribution in [1.29, 1.82) is 0 Å². The first-order valence-electron chi connectivity index (χ1n) is 5.82. The smallest absolute Gasteiger partial charge is 0.321 e. The van der Waals surface area contributed by atoms with Gasteiger partial charge in [-0.1, -0.05) is 29.8 Å². The van der Waals surface area contributed by atoms with Crippen LogP contribution in [0.2, 0.25) is 5.02 Å². The molecular weight excluding hydrogens is 272 g/mol. The van der Waals surface area contributed by atoms with Crippen LogP contribution in [0, 0.1) is 5.92 Å². The number of hydrogen-bond donors (Lipinski definition) is 0. The van der Waals surface area contributed by atoms with E-state index in [9.17, 15) is 9.00 Å². The first-order valence-corrected chi connectivity index (χ1v) is 7.58. The van der Waals surface area contributed by atoms with Crippen LogP contribution in [-0.4, -0.2) is 22.5 Å². The number of methoxy groups -OCH3 is 1. The number of esters is 1. The highest BCUT2D eigenvalue weighted by atomic mass is 35.5. The van der Waals surface area contributed by atoms with Gasteiger partial charge in [0.25, 0.3) is 0 Å². The lowest BCUT2D eigenvalue weighted by Crippen LogP contribution is -2.30. The maximum absolute atomic E-state index is 12.3.